The van der Waals surface area contributed by atoms with Crippen LogP contribution in [0.4, 0.5) is 11.4 Å². The molecule has 0 spiro atoms. The number of anilines is 2. The number of nitrogens with one attached hydrogen (secondary N) is 2. The molecule has 150 valence electrons. The molecule has 2 N–H and O–H groups in total. The van der Waals surface area contributed by atoms with Gasteiger partial charge in [-0.05, 0) is 43.4 Å². The van der Waals surface area contributed by atoms with E-state index in [1.165, 1.54) is 0 Å². The first-order chi connectivity index (χ1) is 13.0. The zero-order valence-electron chi connectivity index (χ0n) is 16.8. The predicted molar refractivity (Wildman–Crippen MR) is 109 cm³/mol. The Hall–Kier alpha value is -2.08. The molecule has 6 heteroatoms. The van der Waals surface area contributed by atoms with Crippen LogP contribution in [0, 0.1) is 5.92 Å². The van der Waals surface area contributed by atoms with Crippen molar-refractivity contribution >= 4 is 23.2 Å². The van der Waals surface area contributed by atoms with E-state index in [4.69, 9.17) is 4.74 Å². The molecule has 0 aromatic heterocycles. The number of ether oxygens (including phenoxy) is 1. The van der Waals surface area contributed by atoms with Crippen LogP contribution in [0.25, 0.3) is 0 Å². The van der Waals surface area contributed by atoms with Gasteiger partial charge in [-0.1, -0.05) is 20.3 Å². The fraction of sp³-hybridized carbons (Fsp3) is 0.619. The van der Waals surface area contributed by atoms with Crippen LogP contribution in [0.15, 0.2) is 18.2 Å². The molecular weight excluding hydrogens is 342 g/mol. The number of nitrogens with zero attached hydrogens (tertiary/aromatic N) is 1. The fourth-order valence-electron chi connectivity index (χ4n) is 3.24. The molecule has 6 nitrogen and oxygen atoms in total. The van der Waals surface area contributed by atoms with Crippen molar-refractivity contribution in [3.05, 3.63) is 23.8 Å². The van der Waals surface area contributed by atoms with Crippen LogP contribution in [0.3, 0.4) is 0 Å². The summed E-state index contributed by atoms with van der Waals surface area (Å²) in [5.74, 6) is 0.574. The first kappa shape index (κ1) is 21.2. The number of amides is 2. The maximum atomic E-state index is 12.8. The van der Waals surface area contributed by atoms with Gasteiger partial charge in [-0.3, -0.25) is 9.59 Å². The summed E-state index contributed by atoms with van der Waals surface area (Å²) in [5.41, 5.74) is 2.21. The van der Waals surface area contributed by atoms with E-state index in [9.17, 15) is 9.59 Å². The van der Waals surface area contributed by atoms with E-state index in [1.54, 1.807) is 13.2 Å². The zero-order valence-corrected chi connectivity index (χ0v) is 16.8. The summed E-state index contributed by atoms with van der Waals surface area (Å²) in [6.45, 7) is 7.15. The first-order valence-electron chi connectivity index (χ1n) is 10.0. The van der Waals surface area contributed by atoms with Crippen LogP contribution in [-0.4, -0.2) is 45.2 Å². The lowest BCUT2D eigenvalue weighted by Gasteiger charge is -2.33. The average molecular weight is 376 g/mol. The molecular formula is C21H33N3O3. The molecule has 0 radical (unpaired) electrons. The highest BCUT2D eigenvalue weighted by Crippen LogP contribution is 2.28. The summed E-state index contributed by atoms with van der Waals surface area (Å²) in [6.07, 6.45) is 4.59. The van der Waals surface area contributed by atoms with Gasteiger partial charge in [-0.15, -0.1) is 0 Å². The number of unbranched alkanes of at least 4 members (excludes halogenated alkanes) is 1. The molecule has 2 rings (SSSR count). The molecule has 1 aliphatic rings. The lowest BCUT2D eigenvalue weighted by Crippen LogP contribution is -2.35. The molecule has 1 fully saturated rings. The van der Waals surface area contributed by atoms with Crippen LogP contribution in [0.5, 0.6) is 0 Å². The number of carbonyl (C=O) groups excluding carboxylic acids is 2. The molecule has 1 heterocycles. The standard InChI is InChI=1S/C21H33N3O3/c1-4-5-6-20(25)23-17-7-8-19(24-12-9-16(2)10-13-24)18(15-17)21(26)22-11-14-27-3/h7-8,15-16H,4-6,9-14H2,1-3H3,(H,22,26)(H,23,25). The van der Waals surface area contributed by atoms with Gasteiger partial charge in [-0.2, -0.15) is 0 Å². The van der Waals surface area contributed by atoms with E-state index in [0.29, 0.717) is 30.8 Å². The van der Waals surface area contributed by atoms with Gasteiger partial charge in [0.15, 0.2) is 0 Å². The van der Waals surface area contributed by atoms with Crippen molar-refractivity contribution in [1.82, 2.24) is 5.32 Å². The van der Waals surface area contributed by atoms with Gasteiger partial charge in [0.2, 0.25) is 5.91 Å². The number of rotatable bonds is 9. The Balaban J connectivity index is 2.18. The van der Waals surface area contributed by atoms with Crippen LogP contribution >= 0.6 is 0 Å². The first-order valence-corrected chi connectivity index (χ1v) is 10.0. The Morgan fingerprint density at radius 3 is 2.67 bits per heavy atom. The smallest absolute Gasteiger partial charge is 0.253 e. The number of hydrogen-bond acceptors (Lipinski definition) is 4. The summed E-state index contributed by atoms with van der Waals surface area (Å²) in [5, 5.41) is 5.81. The summed E-state index contributed by atoms with van der Waals surface area (Å²) in [7, 11) is 1.61. The van der Waals surface area contributed by atoms with Crippen molar-refractivity contribution in [3.63, 3.8) is 0 Å². The predicted octanol–water partition coefficient (Wildman–Crippen LogP) is 3.43. The van der Waals surface area contributed by atoms with Crippen molar-refractivity contribution in [2.24, 2.45) is 5.92 Å². The average Bonchev–Trinajstić information content (AvgIpc) is 2.67. The molecule has 1 saturated heterocycles. The minimum Gasteiger partial charge on any atom is -0.383 e. The second kappa shape index (κ2) is 10.9. The van der Waals surface area contributed by atoms with Gasteiger partial charge in [0, 0.05) is 44.5 Å². The number of hydrogen-bond donors (Lipinski definition) is 2. The molecule has 0 aliphatic carbocycles. The molecule has 27 heavy (non-hydrogen) atoms. The second-order valence-corrected chi connectivity index (χ2v) is 7.30. The van der Waals surface area contributed by atoms with Crippen molar-refractivity contribution in [2.45, 2.75) is 46.0 Å². The van der Waals surface area contributed by atoms with Crippen LogP contribution in [-0.2, 0) is 9.53 Å². The van der Waals surface area contributed by atoms with E-state index in [0.717, 1.165) is 50.4 Å². The Morgan fingerprint density at radius 1 is 1.26 bits per heavy atom. The van der Waals surface area contributed by atoms with Crippen molar-refractivity contribution in [3.8, 4) is 0 Å². The van der Waals surface area contributed by atoms with E-state index >= 15 is 0 Å². The molecule has 2 amide bonds. The highest BCUT2D eigenvalue weighted by atomic mass is 16.5. The van der Waals surface area contributed by atoms with Crippen LogP contribution < -0.4 is 15.5 Å². The van der Waals surface area contributed by atoms with Gasteiger partial charge in [0.1, 0.15) is 0 Å². The molecule has 1 aromatic carbocycles. The van der Waals surface area contributed by atoms with Gasteiger partial charge in [0.25, 0.3) is 5.91 Å². The van der Waals surface area contributed by atoms with Gasteiger partial charge in [0.05, 0.1) is 12.2 Å². The van der Waals surface area contributed by atoms with Gasteiger partial charge in [-0.25, -0.2) is 0 Å². The van der Waals surface area contributed by atoms with E-state index in [2.05, 4.69) is 29.4 Å². The van der Waals surface area contributed by atoms with Crippen molar-refractivity contribution in [2.75, 3.05) is 43.6 Å². The molecule has 1 aromatic rings. The van der Waals surface area contributed by atoms with E-state index in [-0.39, 0.29) is 11.8 Å². The third kappa shape index (κ3) is 6.54. The maximum Gasteiger partial charge on any atom is 0.253 e. The number of piperidine rings is 1. The molecule has 1 aliphatic heterocycles. The van der Waals surface area contributed by atoms with E-state index in [1.807, 2.05) is 12.1 Å². The number of carbonyl (C=O) groups is 2. The molecule has 0 atom stereocenters. The summed E-state index contributed by atoms with van der Waals surface area (Å²) >= 11 is 0. The van der Waals surface area contributed by atoms with Crippen LogP contribution in [0.2, 0.25) is 0 Å². The van der Waals surface area contributed by atoms with E-state index < -0.39 is 0 Å². The minimum atomic E-state index is -0.134. The summed E-state index contributed by atoms with van der Waals surface area (Å²) < 4.78 is 5.02. The SMILES string of the molecule is CCCCC(=O)Nc1ccc(N2CCC(C)CC2)c(C(=O)NCCOC)c1. The highest BCUT2D eigenvalue weighted by molar-refractivity contribution is 6.02. The van der Waals surface area contributed by atoms with Crippen LogP contribution in [0.1, 0.15) is 56.3 Å². The lowest BCUT2D eigenvalue weighted by atomic mass is 9.97. The Labute approximate surface area is 162 Å². The summed E-state index contributed by atoms with van der Waals surface area (Å²) in [6, 6.07) is 5.64. The minimum absolute atomic E-state index is 0.0119. The Bertz CT molecular complexity index is 625. The Kier molecular flexibility index (Phi) is 8.58. The quantitative estimate of drug-likeness (QED) is 0.649. The third-order valence-corrected chi connectivity index (χ3v) is 5.00. The fourth-order valence-corrected chi connectivity index (χ4v) is 3.24. The van der Waals surface area contributed by atoms with Gasteiger partial charge < -0.3 is 20.3 Å². The van der Waals surface area contributed by atoms with Crippen molar-refractivity contribution in [1.29, 1.82) is 0 Å². The second-order valence-electron chi connectivity index (χ2n) is 7.30. The Morgan fingerprint density at radius 2 is 2.00 bits per heavy atom. The largest absolute Gasteiger partial charge is 0.383 e. The normalized spacial score (nSPS) is 14.9. The molecule has 0 unspecified atom stereocenters. The number of benzene rings is 1. The zero-order chi connectivity index (χ0) is 19.6. The topological polar surface area (TPSA) is 70.7 Å². The molecule has 0 bridgehead atoms. The van der Waals surface area contributed by atoms with Gasteiger partial charge >= 0.3 is 0 Å². The third-order valence-electron chi connectivity index (χ3n) is 5.00. The highest BCUT2D eigenvalue weighted by Gasteiger charge is 2.21. The van der Waals surface area contributed by atoms with Crippen molar-refractivity contribution < 1.29 is 14.3 Å². The maximum absolute atomic E-state index is 12.8. The summed E-state index contributed by atoms with van der Waals surface area (Å²) in [4.78, 5) is 27.1. The monoisotopic (exact) mass is 375 g/mol. The lowest BCUT2D eigenvalue weighted by molar-refractivity contribution is -0.116. The number of methoxy groups -OCH3 is 1. The molecule has 0 saturated carbocycles.